The maximum atomic E-state index is 11.5. The topological polar surface area (TPSA) is 70.7 Å². The molecule has 1 atom stereocenters. The Morgan fingerprint density at radius 2 is 2.29 bits per heavy atom. The van der Waals surface area contributed by atoms with Crippen LogP contribution in [0.4, 0.5) is 4.79 Å². The third kappa shape index (κ3) is 1.77. The molecule has 2 N–H and O–H groups in total. The van der Waals surface area contributed by atoms with Crippen molar-refractivity contribution in [3.8, 4) is 0 Å². The predicted octanol–water partition coefficient (Wildman–Crippen LogP) is -0.178. The van der Waals surface area contributed by atoms with Crippen LogP contribution in [0.15, 0.2) is 35.9 Å². The van der Waals surface area contributed by atoms with Crippen LogP contribution >= 0.6 is 0 Å². The molecule has 3 heterocycles. The van der Waals surface area contributed by atoms with Crippen LogP contribution in [0.1, 0.15) is 0 Å². The molecule has 1 saturated heterocycles. The zero-order chi connectivity index (χ0) is 11.8. The first-order chi connectivity index (χ1) is 8.22. The normalized spacial score (nSPS) is 26.6. The second kappa shape index (κ2) is 3.65. The lowest BCUT2D eigenvalue weighted by Gasteiger charge is -2.20. The zero-order valence-electron chi connectivity index (χ0n) is 8.97. The fourth-order valence-electron chi connectivity index (χ4n) is 1.96. The minimum Gasteiger partial charge on any atom is -0.462 e. The number of nitrogens with zero attached hydrogens (tertiary/aromatic N) is 1. The van der Waals surface area contributed by atoms with Crippen molar-refractivity contribution < 1.29 is 14.3 Å². The number of hydrogen-bond donors (Lipinski definition) is 2. The van der Waals surface area contributed by atoms with E-state index < -0.39 is 12.1 Å². The van der Waals surface area contributed by atoms with Crippen molar-refractivity contribution in [2.45, 2.75) is 6.04 Å². The Morgan fingerprint density at radius 1 is 1.41 bits per heavy atom. The maximum Gasteiger partial charge on any atom is 0.322 e. The summed E-state index contributed by atoms with van der Waals surface area (Å²) in [4.78, 5) is 24.6. The first-order valence-electron chi connectivity index (χ1n) is 5.33. The molecule has 3 aliphatic rings. The molecule has 2 bridgehead atoms. The highest BCUT2D eigenvalue weighted by Gasteiger charge is 2.35. The molecule has 6 nitrogen and oxygen atoms in total. The van der Waals surface area contributed by atoms with Gasteiger partial charge in [-0.1, -0.05) is 0 Å². The Bertz CT molecular complexity index is 478. The van der Waals surface area contributed by atoms with Crippen molar-refractivity contribution >= 4 is 11.9 Å². The van der Waals surface area contributed by atoms with Crippen LogP contribution in [0.25, 0.3) is 0 Å². The number of hydrogen-bond acceptors (Lipinski definition) is 4. The average Bonchev–Trinajstić information content (AvgIpc) is 2.56. The Hall–Kier alpha value is -2.24. The Labute approximate surface area is 97.6 Å². The lowest BCUT2D eigenvalue weighted by molar-refractivity contribution is -0.120. The molecular weight excluding hydrogens is 222 g/mol. The van der Waals surface area contributed by atoms with E-state index in [1.54, 1.807) is 0 Å². The van der Waals surface area contributed by atoms with Gasteiger partial charge in [-0.05, 0) is 24.4 Å². The van der Waals surface area contributed by atoms with Crippen molar-refractivity contribution in [3.63, 3.8) is 0 Å². The molecule has 6 heteroatoms. The fourth-order valence-corrected chi connectivity index (χ4v) is 1.96. The average molecular weight is 233 g/mol. The number of carbonyl (C=O) groups excluding carboxylic acids is 2. The van der Waals surface area contributed by atoms with E-state index in [0.717, 1.165) is 5.76 Å². The van der Waals surface area contributed by atoms with Crippen molar-refractivity contribution in [3.05, 3.63) is 35.9 Å². The lowest BCUT2D eigenvalue weighted by atomic mass is 10.2. The van der Waals surface area contributed by atoms with Gasteiger partial charge in [-0.3, -0.25) is 10.1 Å². The number of allylic oxidation sites excluding steroid dienone is 2. The first kappa shape index (κ1) is 9.95. The molecule has 0 aromatic carbocycles. The number of nitrogens with one attached hydrogen (secondary N) is 2. The zero-order valence-corrected chi connectivity index (χ0v) is 8.97. The minimum atomic E-state index is -0.719. The van der Waals surface area contributed by atoms with Crippen LogP contribution in [0.2, 0.25) is 0 Å². The van der Waals surface area contributed by atoms with Crippen LogP contribution in [0.3, 0.4) is 0 Å². The van der Waals surface area contributed by atoms with E-state index in [9.17, 15) is 9.59 Å². The standard InChI is InChI=1S/C11H11N3O3/c15-10-9(12-11(16)13-10)8-3-5-14-4-1-2-7(6-14)17-8/h1-4,9H,5-6H2,(H2,12,13,15,16). The molecule has 88 valence electrons. The highest BCUT2D eigenvalue weighted by atomic mass is 16.5. The molecule has 0 radical (unpaired) electrons. The van der Waals surface area contributed by atoms with E-state index in [1.165, 1.54) is 0 Å². The van der Waals surface area contributed by atoms with Crippen molar-refractivity contribution in [1.29, 1.82) is 0 Å². The molecule has 3 aliphatic heterocycles. The molecule has 3 amide bonds. The summed E-state index contributed by atoms with van der Waals surface area (Å²) in [5, 5.41) is 4.71. The van der Waals surface area contributed by atoms with Gasteiger partial charge in [0.15, 0.2) is 6.04 Å². The Balaban J connectivity index is 1.85. The first-order valence-corrected chi connectivity index (χ1v) is 5.33. The van der Waals surface area contributed by atoms with Gasteiger partial charge >= 0.3 is 6.03 Å². The SMILES string of the molecule is O=C1NC(=O)C(C2=CCN3C=CC=C(C3)O2)N1. The molecular formula is C11H11N3O3. The summed E-state index contributed by atoms with van der Waals surface area (Å²) in [7, 11) is 0. The fraction of sp³-hybridized carbons (Fsp3) is 0.273. The summed E-state index contributed by atoms with van der Waals surface area (Å²) >= 11 is 0. The van der Waals surface area contributed by atoms with E-state index >= 15 is 0 Å². The van der Waals surface area contributed by atoms with E-state index in [-0.39, 0.29) is 5.91 Å². The van der Waals surface area contributed by atoms with Crippen molar-refractivity contribution in [2.75, 3.05) is 13.1 Å². The van der Waals surface area contributed by atoms with Gasteiger partial charge in [-0.15, -0.1) is 0 Å². The summed E-state index contributed by atoms with van der Waals surface area (Å²) in [6, 6.07) is -1.20. The van der Waals surface area contributed by atoms with Gasteiger partial charge in [0.2, 0.25) is 0 Å². The predicted molar refractivity (Wildman–Crippen MR) is 58.4 cm³/mol. The molecule has 1 unspecified atom stereocenters. The molecule has 0 saturated carbocycles. The quantitative estimate of drug-likeness (QED) is 0.616. The number of carbonyl (C=O) groups is 2. The van der Waals surface area contributed by atoms with Crippen LogP contribution < -0.4 is 10.6 Å². The molecule has 0 aromatic heterocycles. The van der Waals surface area contributed by atoms with E-state index in [4.69, 9.17) is 4.74 Å². The van der Waals surface area contributed by atoms with Gasteiger partial charge in [-0.25, -0.2) is 4.79 Å². The molecule has 0 aliphatic carbocycles. The van der Waals surface area contributed by atoms with E-state index in [0.29, 0.717) is 18.8 Å². The number of imide groups is 1. The number of ether oxygens (including phenoxy) is 1. The van der Waals surface area contributed by atoms with Crippen LogP contribution in [-0.2, 0) is 9.53 Å². The van der Waals surface area contributed by atoms with Gasteiger partial charge in [0.05, 0.1) is 6.54 Å². The van der Waals surface area contributed by atoms with E-state index in [1.807, 2.05) is 24.4 Å². The second-order valence-corrected chi connectivity index (χ2v) is 4.01. The largest absolute Gasteiger partial charge is 0.462 e. The van der Waals surface area contributed by atoms with Gasteiger partial charge in [0.25, 0.3) is 5.91 Å². The monoisotopic (exact) mass is 233 g/mol. The maximum absolute atomic E-state index is 11.5. The molecule has 3 rings (SSSR count). The highest BCUT2D eigenvalue weighted by Crippen LogP contribution is 2.20. The molecule has 0 spiro atoms. The Morgan fingerprint density at radius 3 is 3.06 bits per heavy atom. The number of urea groups is 1. The van der Waals surface area contributed by atoms with Gasteiger partial charge in [0, 0.05) is 6.54 Å². The van der Waals surface area contributed by atoms with Crippen molar-refractivity contribution in [1.82, 2.24) is 15.5 Å². The summed E-state index contributed by atoms with van der Waals surface area (Å²) in [6.45, 7) is 1.33. The number of rotatable bonds is 1. The highest BCUT2D eigenvalue weighted by molar-refractivity contribution is 6.05. The van der Waals surface area contributed by atoms with Gasteiger partial charge in [-0.2, -0.15) is 0 Å². The molecule has 0 aromatic rings. The molecule has 1 fully saturated rings. The second-order valence-electron chi connectivity index (χ2n) is 4.01. The number of fused-ring (bicyclic) bond motifs is 2. The minimum absolute atomic E-state index is 0.374. The Kier molecular flexibility index (Phi) is 2.14. The smallest absolute Gasteiger partial charge is 0.322 e. The third-order valence-corrected chi connectivity index (χ3v) is 2.77. The van der Waals surface area contributed by atoms with E-state index in [2.05, 4.69) is 15.5 Å². The summed E-state index contributed by atoms with van der Waals surface area (Å²) in [5.74, 6) is 0.872. The summed E-state index contributed by atoms with van der Waals surface area (Å²) in [5.41, 5.74) is 0. The summed E-state index contributed by atoms with van der Waals surface area (Å²) < 4.78 is 5.64. The lowest BCUT2D eigenvalue weighted by Crippen LogP contribution is -2.32. The molecule has 17 heavy (non-hydrogen) atoms. The third-order valence-electron chi connectivity index (χ3n) is 2.77. The van der Waals surface area contributed by atoms with Gasteiger partial charge < -0.3 is 15.0 Å². The van der Waals surface area contributed by atoms with Crippen molar-refractivity contribution in [2.24, 2.45) is 0 Å². The summed E-state index contributed by atoms with van der Waals surface area (Å²) in [6.07, 6.45) is 7.51. The van der Waals surface area contributed by atoms with Gasteiger partial charge in [0.1, 0.15) is 11.5 Å². The number of amides is 3. The van der Waals surface area contributed by atoms with Crippen LogP contribution in [-0.4, -0.2) is 36.0 Å². The van der Waals surface area contributed by atoms with Crippen LogP contribution in [0, 0.1) is 0 Å². The van der Waals surface area contributed by atoms with Crippen LogP contribution in [0.5, 0.6) is 0 Å².